The summed E-state index contributed by atoms with van der Waals surface area (Å²) in [4.78, 5) is 24.4. The number of hydrogen-bond acceptors (Lipinski definition) is 4. The first-order valence-electron chi connectivity index (χ1n) is 8.54. The number of amides is 1. The fourth-order valence-corrected chi connectivity index (χ4v) is 3.37. The van der Waals surface area contributed by atoms with E-state index in [1.54, 1.807) is 47.1 Å². The van der Waals surface area contributed by atoms with E-state index in [4.69, 9.17) is 23.2 Å². The second-order valence-electron chi connectivity index (χ2n) is 6.32. The molecule has 0 radical (unpaired) electrons. The Morgan fingerprint density at radius 1 is 1.10 bits per heavy atom. The van der Waals surface area contributed by atoms with Crippen LogP contribution >= 0.6 is 23.2 Å². The Labute approximate surface area is 175 Å². The highest BCUT2D eigenvalue weighted by molar-refractivity contribution is 6.31. The number of benzene rings is 2. The van der Waals surface area contributed by atoms with E-state index in [1.807, 2.05) is 6.07 Å². The van der Waals surface area contributed by atoms with E-state index >= 15 is 0 Å². The third kappa shape index (κ3) is 3.83. The van der Waals surface area contributed by atoms with Crippen molar-refractivity contribution in [1.82, 2.24) is 9.78 Å². The Kier molecular flexibility index (Phi) is 5.00. The molecule has 1 amide bonds. The molecule has 0 saturated carbocycles. The number of carboxylic acid groups (broad SMARTS) is 1. The number of carboxylic acids is 1. The number of anilines is 2. The molecule has 0 fully saturated rings. The smallest absolute Gasteiger partial charge is 0.352 e. The van der Waals surface area contributed by atoms with E-state index in [9.17, 15) is 14.7 Å². The molecule has 2 heterocycles. The van der Waals surface area contributed by atoms with Crippen molar-refractivity contribution in [2.45, 2.75) is 6.04 Å². The molecule has 2 aromatic carbocycles. The number of nitrogens with one attached hydrogen (secondary N) is 2. The summed E-state index contributed by atoms with van der Waals surface area (Å²) in [5.41, 5.74) is 1.45. The van der Waals surface area contributed by atoms with Gasteiger partial charge < -0.3 is 15.7 Å². The number of carbonyl (C=O) groups excluding carboxylic acids is 1. The maximum Gasteiger partial charge on any atom is 0.352 e. The number of carbonyl (C=O) groups is 2. The maximum atomic E-state index is 12.8. The summed E-state index contributed by atoms with van der Waals surface area (Å²) in [7, 11) is 0. The minimum Gasteiger partial charge on any atom is -0.477 e. The fraction of sp³-hybridized carbons (Fsp3) is 0.0500. The average Bonchev–Trinajstić information content (AvgIpc) is 3.13. The molecule has 1 aromatic heterocycles. The van der Waals surface area contributed by atoms with Crippen LogP contribution < -0.4 is 10.6 Å². The van der Waals surface area contributed by atoms with Crippen LogP contribution in [0, 0.1) is 0 Å². The van der Waals surface area contributed by atoms with Gasteiger partial charge in [0, 0.05) is 15.7 Å². The minimum atomic E-state index is -1.14. The minimum absolute atomic E-state index is 0.0523. The van der Waals surface area contributed by atoms with Crippen molar-refractivity contribution in [2.24, 2.45) is 0 Å². The number of nitrogens with zero attached hydrogens (tertiary/aromatic N) is 2. The number of fused-ring (bicyclic) bond motifs is 1. The van der Waals surface area contributed by atoms with Crippen molar-refractivity contribution in [1.29, 1.82) is 0 Å². The van der Waals surface area contributed by atoms with Gasteiger partial charge in [0.15, 0.2) is 0 Å². The van der Waals surface area contributed by atoms with Crippen LogP contribution in [0.25, 0.3) is 0 Å². The number of hydrogen-bond donors (Lipinski definition) is 3. The summed E-state index contributed by atoms with van der Waals surface area (Å²) in [6.07, 6.45) is 2.92. The van der Waals surface area contributed by atoms with E-state index in [2.05, 4.69) is 15.7 Å². The molecule has 0 unspecified atom stereocenters. The van der Waals surface area contributed by atoms with Crippen molar-refractivity contribution in [3.8, 4) is 0 Å². The van der Waals surface area contributed by atoms with Gasteiger partial charge in [0.05, 0.1) is 12.2 Å². The topological polar surface area (TPSA) is 96.2 Å². The SMILES string of the molecule is O=C(O)C1=C[C@@H](c2cccc(Cl)c2)n2ncc(C(=O)Nc3ccc(Cl)cc3)c2N1. The lowest BCUT2D eigenvalue weighted by Crippen LogP contribution is -2.25. The van der Waals surface area contributed by atoms with Crippen molar-refractivity contribution >= 4 is 46.6 Å². The molecular formula is C20H14Cl2N4O3. The number of aliphatic carboxylic acids is 1. The predicted octanol–water partition coefficient (Wildman–Crippen LogP) is 4.43. The Morgan fingerprint density at radius 3 is 2.55 bits per heavy atom. The summed E-state index contributed by atoms with van der Waals surface area (Å²) in [6, 6.07) is 13.2. The molecule has 0 bridgehead atoms. The van der Waals surface area contributed by atoms with Crippen LogP contribution in [0.4, 0.5) is 11.5 Å². The lowest BCUT2D eigenvalue weighted by molar-refractivity contribution is -0.132. The second-order valence-corrected chi connectivity index (χ2v) is 7.20. The average molecular weight is 429 g/mol. The van der Waals surface area contributed by atoms with Crippen LogP contribution in [0.5, 0.6) is 0 Å². The molecule has 7 nitrogen and oxygen atoms in total. The Hall–Kier alpha value is -3.29. The van der Waals surface area contributed by atoms with Gasteiger partial charge >= 0.3 is 5.97 Å². The predicted molar refractivity (Wildman–Crippen MR) is 111 cm³/mol. The standard InChI is InChI=1S/C20H14Cl2N4O3/c21-12-4-6-14(7-5-12)24-19(27)15-10-23-26-17(11-2-1-3-13(22)8-11)9-16(20(28)29)25-18(15)26/h1-10,17,25H,(H,24,27)(H,28,29)/t17-/m0/s1. The summed E-state index contributed by atoms with van der Waals surface area (Å²) in [6.45, 7) is 0. The molecule has 9 heteroatoms. The first kappa shape index (κ1) is 19.0. The first-order valence-corrected chi connectivity index (χ1v) is 9.30. The van der Waals surface area contributed by atoms with Gasteiger partial charge in [0.1, 0.15) is 17.1 Å². The zero-order valence-electron chi connectivity index (χ0n) is 14.8. The van der Waals surface area contributed by atoms with Crippen molar-refractivity contribution in [3.05, 3.63) is 87.7 Å². The molecule has 3 N–H and O–H groups in total. The Balaban J connectivity index is 1.72. The first-order chi connectivity index (χ1) is 13.9. The van der Waals surface area contributed by atoms with Gasteiger partial charge in [-0.3, -0.25) is 4.79 Å². The van der Waals surface area contributed by atoms with Crippen LogP contribution in [0.2, 0.25) is 10.0 Å². The highest BCUT2D eigenvalue weighted by Crippen LogP contribution is 2.33. The Morgan fingerprint density at radius 2 is 1.86 bits per heavy atom. The van der Waals surface area contributed by atoms with Crippen molar-refractivity contribution < 1.29 is 14.7 Å². The zero-order chi connectivity index (χ0) is 20.5. The van der Waals surface area contributed by atoms with E-state index in [0.29, 0.717) is 15.7 Å². The normalized spacial score (nSPS) is 15.1. The molecule has 29 heavy (non-hydrogen) atoms. The van der Waals surface area contributed by atoms with E-state index in [1.165, 1.54) is 12.3 Å². The van der Waals surface area contributed by atoms with Gasteiger partial charge in [0.25, 0.3) is 5.91 Å². The van der Waals surface area contributed by atoms with E-state index in [0.717, 1.165) is 5.56 Å². The number of allylic oxidation sites excluding steroid dienone is 1. The third-order valence-corrected chi connectivity index (χ3v) is 4.89. The van der Waals surface area contributed by atoms with Crippen LogP contribution in [-0.2, 0) is 4.79 Å². The van der Waals surface area contributed by atoms with Crippen molar-refractivity contribution in [2.75, 3.05) is 10.6 Å². The molecule has 1 aliphatic rings. The third-order valence-electron chi connectivity index (χ3n) is 4.40. The molecule has 1 atom stereocenters. The highest BCUT2D eigenvalue weighted by atomic mass is 35.5. The van der Waals surface area contributed by atoms with Crippen molar-refractivity contribution in [3.63, 3.8) is 0 Å². The van der Waals surface area contributed by atoms with Crippen LogP contribution in [0.15, 0.2) is 66.5 Å². The van der Waals surface area contributed by atoms with Gasteiger partial charge in [-0.05, 0) is 48.0 Å². The molecule has 4 rings (SSSR count). The largest absolute Gasteiger partial charge is 0.477 e. The maximum absolute atomic E-state index is 12.8. The van der Waals surface area contributed by atoms with Gasteiger partial charge in [-0.25, -0.2) is 9.48 Å². The Bertz CT molecular complexity index is 1140. The second kappa shape index (κ2) is 7.62. The summed E-state index contributed by atoms with van der Waals surface area (Å²) >= 11 is 12.0. The lowest BCUT2D eigenvalue weighted by Gasteiger charge is -2.24. The summed E-state index contributed by atoms with van der Waals surface area (Å²) in [5, 5.41) is 20.4. The van der Waals surface area contributed by atoms with Crippen LogP contribution in [-0.4, -0.2) is 26.8 Å². The molecule has 0 saturated heterocycles. The molecular weight excluding hydrogens is 415 g/mol. The van der Waals surface area contributed by atoms with Crippen LogP contribution in [0.1, 0.15) is 22.0 Å². The fourth-order valence-electron chi connectivity index (χ4n) is 3.05. The zero-order valence-corrected chi connectivity index (χ0v) is 16.3. The van der Waals surface area contributed by atoms with Crippen LogP contribution in [0.3, 0.4) is 0 Å². The number of halogens is 2. The molecule has 146 valence electrons. The summed E-state index contributed by atoms with van der Waals surface area (Å²) < 4.78 is 1.55. The summed E-state index contributed by atoms with van der Waals surface area (Å²) in [5.74, 6) is -1.30. The number of rotatable bonds is 4. The van der Waals surface area contributed by atoms with Gasteiger partial charge in [-0.1, -0.05) is 35.3 Å². The van der Waals surface area contributed by atoms with E-state index in [-0.39, 0.29) is 17.1 Å². The molecule has 0 aliphatic carbocycles. The van der Waals surface area contributed by atoms with Gasteiger partial charge in [-0.2, -0.15) is 5.10 Å². The highest BCUT2D eigenvalue weighted by Gasteiger charge is 2.29. The number of aromatic nitrogens is 2. The molecule has 1 aliphatic heterocycles. The van der Waals surface area contributed by atoms with Gasteiger partial charge in [-0.15, -0.1) is 0 Å². The monoisotopic (exact) mass is 428 g/mol. The molecule has 3 aromatic rings. The quantitative estimate of drug-likeness (QED) is 0.571. The van der Waals surface area contributed by atoms with Gasteiger partial charge in [0.2, 0.25) is 0 Å². The lowest BCUT2D eigenvalue weighted by atomic mass is 10.0. The van der Waals surface area contributed by atoms with E-state index < -0.39 is 17.9 Å². The molecule has 0 spiro atoms.